The predicted octanol–water partition coefficient (Wildman–Crippen LogP) is 4.05. The smallest absolute Gasteiger partial charge is 0.303 e. The number of hydrogen-bond donors (Lipinski definition) is 2. The van der Waals surface area contributed by atoms with Crippen molar-refractivity contribution in [3.05, 3.63) is 32.8 Å². The summed E-state index contributed by atoms with van der Waals surface area (Å²) in [5.74, 6) is -0.806. The number of nitrogens with zero attached hydrogens (tertiary/aromatic N) is 1. The van der Waals surface area contributed by atoms with Crippen molar-refractivity contribution in [2.45, 2.75) is 33.1 Å². The number of anilines is 1. The molecule has 0 aliphatic heterocycles. The van der Waals surface area contributed by atoms with E-state index in [9.17, 15) is 14.9 Å². The van der Waals surface area contributed by atoms with Crippen molar-refractivity contribution in [1.82, 2.24) is 0 Å². The normalized spacial score (nSPS) is 11.2. The highest BCUT2D eigenvalue weighted by atomic mass is 79.9. The van der Waals surface area contributed by atoms with Gasteiger partial charge in [-0.05, 0) is 30.4 Å². The first-order valence-electron chi connectivity index (χ1n) is 6.61. The van der Waals surface area contributed by atoms with E-state index in [-0.39, 0.29) is 17.5 Å². The van der Waals surface area contributed by atoms with Crippen molar-refractivity contribution < 1.29 is 14.8 Å². The summed E-state index contributed by atoms with van der Waals surface area (Å²) in [7, 11) is 0. The van der Waals surface area contributed by atoms with Crippen molar-refractivity contribution >= 4 is 33.3 Å². The molecule has 0 spiro atoms. The second kappa shape index (κ2) is 7.40. The first kappa shape index (κ1) is 17.4. The highest BCUT2D eigenvalue weighted by molar-refractivity contribution is 9.10. The first-order valence-corrected chi connectivity index (χ1v) is 7.40. The topological polar surface area (TPSA) is 92.5 Å². The second-order valence-electron chi connectivity index (χ2n) is 5.65. The van der Waals surface area contributed by atoms with Crippen LogP contribution in [0.3, 0.4) is 0 Å². The molecule has 1 rings (SSSR count). The van der Waals surface area contributed by atoms with Crippen molar-refractivity contribution in [1.29, 1.82) is 0 Å². The Hall–Kier alpha value is -1.63. The largest absolute Gasteiger partial charge is 0.481 e. The van der Waals surface area contributed by atoms with E-state index < -0.39 is 10.9 Å². The molecule has 1 aromatic carbocycles. The summed E-state index contributed by atoms with van der Waals surface area (Å²) in [5, 5.41) is 22.8. The Balaban J connectivity index is 2.60. The Morgan fingerprint density at radius 3 is 2.67 bits per heavy atom. The lowest BCUT2D eigenvalue weighted by atomic mass is 9.84. The Labute approximate surface area is 131 Å². The van der Waals surface area contributed by atoms with Gasteiger partial charge < -0.3 is 10.4 Å². The standard InChI is InChI=1S/C14H19BrN2O4/c1-14(2,6-5-13(18)19)7-8-16-11-4-3-10(15)9-12(11)17(20)21/h3-4,9,16H,5-8H2,1-2H3,(H,18,19). The molecule has 0 atom stereocenters. The molecule has 0 saturated heterocycles. The Morgan fingerprint density at radius 2 is 2.10 bits per heavy atom. The molecule has 0 aliphatic carbocycles. The minimum atomic E-state index is -0.806. The van der Waals surface area contributed by atoms with Crippen molar-refractivity contribution in [2.24, 2.45) is 5.41 Å². The van der Waals surface area contributed by atoms with Gasteiger partial charge in [0.15, 0.2) is 0 Å². The maximum absolute atomic E-state index is 11.0. The van der Waals surface area contributed by atoms with Crippen LogP contribution >= 0.6 is 15.9 Å². The van der Waals surface area contributed by atoms with Crippen LogP contribution in [-0.2, 0) is 4.79 Å². The van der Waals surface area contributed by atoms with E-state index in [4.69, 9.17) is 5.11 Å². The minimum Gasteiger partial charge on any atom is -0.481 e. The van der Waals surface area contributed by atoms with E-state index in [2.05, 4.69) is 21.2 Å². The molecular formula is C14H19BrN2O4. The molecule has 0 fully saturated rings. The van der Waals surface area contributed by atoms with Crippen LogP contribution < -0.4 is 5.32 Å². The van der Waals surface area contributed by atoms with Gasteiger partial charge in [0.05, 0.1) is 4.92 Å². The molecule has 0 heterocycles. The fourth-order valence-corrected chi connectivity index (χ4v) is 2.26. The molecule has 21 heavy (non-hydrogen) atoms. The molecule has 0 saturated carbocycles. The van der Waals surface area contributed by atoms with Gasteiger partial charge in [-0.2, -0.15) is 0 Å². The average molecular weight is 359 g/mol. The zero-order valence-electron chi connectivity index (χ0n) is 12.1. The molecule has 0 aromatic heterocycles. The van der Waals surface area contributed by atoms with Crippen LogP contribution in [0.25, 0.3) is 0 Å². The van der Waals surface area contributed by atoms with E-state index >= 15 is 0 Å². The Bertz CT molecular complexity index is 532. The number of rotatable bonds is 8. The molecule has 0 unspecified atom stereocenters. The summed E-state index contributed by atoms with van der Waals surface area (Å²) >= 11 is 3.21. The third-order valence-corrected chi connectivity index (χ3v) is 3.78. The predicted molar refractivity (Wildman–Crippen MR) is 84.6 cm³/mol. The van der Waals surface area contributed by atoms with Gasteiger partial charge in [0.1, 0.15) is 5.69 Å². The molecule has 0 bridgehead atoms. The van der Waals surface area contributed by atoms with Gasteiger partial charge in [-0.1, -0.05) is 29.8 Å². The number of carboxylic acid groups (broad SMARTS) is 1. The number of nitrogens with one attached hydrogen (secondary N) is 1. The SMILES string of the molecule is CC(C)(CCNc1ccc(Br)cc1[N+](=O)[O-])CCC(=O)O. The lowest BCUT2D eigenvalue weighted by molar-refractivity contribution is -0.384. The third-order valence-electron chi connectivity index (χ3n) is 3.29. The number of carbonyl (C=O) groups is 1. The maximum Gasteiger partial charge on any atom is 0.303 e. The number of halogens is 1. The average Bonchev–Trinajstić information content (AvgIpc) is 2.38. The van der Waals surface area contributed by atoms with Gasteiger partial charge in [0.25, 0.3) is 5.69 Å². The van der Waals surface area contributed by atoms with Crippen LogP contribution in [0.1, 0.15) is 33.1 Å². The number of carboxylic acids is 1. The van der Waals surface area contributed by atoms with E-state index in [0.29, 0.717) is 23.1 Å². The second-order valence-corrected chi connectivity index (χ2v) is 6.57. The van der Waals surface area contributed by atoms with Gasteiger partial charge in [-0.15, -0.1) is 0 Å². The van der Waals surface area contributed by atoms with Crippen LogP contribution in [0.5, 0.6) is 0 Å². The number of nitro groups is 1. The van der Waals surface area contributed by atoms with Gasteiger partial charge in [0.2, 0.25) is 0 Å². The van der Waals surface area contributed by atoms with Gasteiger partial charge >= 0.3 is 5.97 Å². The van der Waals surface area contributed by atoms with Crippen LogP contribution in [-0.4, -0.2) is 22.5 Å². The summed E-state index contributed by atoms with van der Waals surface area (Å²) in [5.41, 5.74) is 0.361. The van der Waals surface area contributed by atoms with Gasteiger partial charge in [-0.25, -0.2) is 0 Å². The molecule has 0 amide bonds. The number of hydrogen-bond acceptors (Lipinski definition) is 4. The Morgan fingerprint density at radius 1 is 1.43 bits per heavy atom. The third kappa shape index (κ3) is 6.12. The first-order chi connectivity index (χ1) is 9.71. The van der Waals surface area contributed by atoms with Crippen molar-refractivity contribution in [3.8, 4) is 0 Å². The minimum absolute atomic E-state index is 0.0210. The van der Waals surface area contributed by atoms with Gasteiger partial charge in [-0.3, -0.25) is 14.9 Å². The molecule has 0 radical (unpaired) electrons. The monoisotopic (exact) mass is 358 g/mol. The molecule has 0 aliphatic rings. The van der Waals surface area contributed by atoms with Crippen LogP contribution in [0, 0.1) is 15.5 Å². The summed E-state index contributed by atoms with van der Waals surface area (Å²) in [6, 6.07) is 4.86. The molecule has 7 heteroatoms. The quantitative estimate of drug-likeness (QED) is 0.540. The molecule has 116 valence electrons. The van der Waals surface area contributed by atoms with Crippen LogP contribution in [0.2, 0.25) is 0 Å². The highest BCUT2D eigenvalue weighted by Crippen LogP contribution is 2.30. The number of aliphatic carboxylic acids is 1. The zero-order chi connectivity index (χ0) is 16.0. The summed E-state index contributed by atoms with van der Waals surface area (Å²) in [4.78, 5) is 21.2. The van der Waals surface area contributed by atoms with Gasteiger partial charge in [0, 0.05) is 23.5 Å². The zero-order valence-corrected chi connectivity index (χ0v) is 13.6. The van der Waals surface area contributed by atoms with Crippen molar-refractivity contribution in [2.75, 3.05) is 11.9 Å². The molecule has 2 N–H and O–H groups in total. The number of benzene rings is 1. The lowest BCUT2D eigenvalue weighted by Gasteiger charge is -2.24. The Kier molecular flexibility index (Phi) is 6.14. The van der Waals surface area contributed by atoms with Crippen LogP contribution in [0.15, 0.2) is 22.7 Å². The summed E-state index contributed by atoms with van der Waals surface area (Å²) in [6.07, 6.45) is 1.44. The summed E-state index contributed by atoms with van der Waals surface area (Å²) < 4.78 is 0.654. The van der Waals surface area contributed by atoms with E-state index in [1.807, 2.05) is 13.8 Å². The van der Waals surface area contributed by atoms with E-state index in [1.165, 1.54) is 6.07 Å². The molecule has 1 aromatic rings. The number of nitro benzene ring substituents is 1. The molecule has 6 nitrogen and oxygen atoms in total. The fraction of sp³-hybridized carbons (Fsp3) is 0.500. The highest BCUT2D eigenvalue weighted by Gasteiger charge is 2.20. The lowest BCUT2D eigenvalue weighted by Crippen LogP contribution is -2.18. The van der Waals surface area contributed by atoms with Crippen LogP contribution in [0.4, 0.5) is 11.4 Å². The maximum atomic E-state index is 11.0. The molecular weight excluding hydrogens is 340 g/mol. The van der Waals surface area contributed by atoms with E-state index in [1.54, 1.807) is 12.1 Å². The fourth-order valence-electron chi connectivity index (χ4n) is 1.91. The van der Waals surface area contributed by atoms with E-state index in [0.717, 1.165) is 6.42 Å². The van der Waals surface area contributed by atoms with Crippen molar-refractivity contribution in [3.63, 3.8) is 0 Å². The summed E-state index contributed by atoms with van der Waals surface area (Å²) in [6.45, 7) is 4.54.